The fraction of sp³-hybridized carbons (Fsp3) is 0. The number of hydrogen-bond donors (Lipinski definition) is 1. The first-order valence-corrected chi connectivity index (χ1v) is 6.71. The minimum absolute atomic E-state index is 0.0376. The van der Waals surface area contributed by atoms with Crippen LogP contribution < -0.4 is 4.74 Å². The molecule has 3 rings (SSSR count). The van der Waals surface area contributed by atoms with E-state index < -0.39 is 5.97 Å². The van der Waals surface area contributed by atoms with Crippen LogP contribution in [0.3, 0.4) is 0 Å². The van der Waals surface area contributed by atoms with E-state index in [1.54, 1.807) is 18.2 Å². The van der Waals surface area contributed by atoms with E-state index in [-0.39, 0.29) is 16.3 Å². The van der Waals surface area contributed by atoms with Crippen molar-refractivity contribution in [2.75, 3.05) is 0 Å². The number of carbonyl (C=O) groups is 1. The zero-order valence-corrected chi connectivity index (χ0v) is 11.7. The van der Waals surface area contributed by atoms with E-state index in [1.807, 2.05) is 36.4 Å². The van der Waals surface area contributed by atoms with Gasteiger partial charge >= 0.3 is 5.97 Å². The summed E-state index contributed by atoms with van der Waals surface area (Å²) < 4.78 is 5.70. The Kier molecular flexibility index (Phi) is 3.50. The number of benzene rings is 3. The summed E-state index contributed by atoms with van der Waals surface area (Å²) >= 11 is 6.05. The van der Waals surface area contributed by atoms with Gasteiger partial charge in [-0.25, -0.2) is 4.79 Å². The second-order valence-electron chi connectivity index (χ2n) is 4.53. The van der Waals surface area contributed by atoms with Crippen molar-refractivity contribution in [1.29, 1.82) is 0 Å². The fourth-order valence-electron chi connectivity index (χ4n) is 2.13. The molecule has 0 atom stereocenters. The summed E-state index contributed by atoms with van der Waals surface area (Å²) in [5.74, 6) is -0.375. The standard InChI is InChI=1S/C17H11ClO3/c18-15-7-3-6-14(17(19)20)16(15)21-13-9-8-11-4-1-2-5-12(11)10-13/h1-10H,(H,19,20). The van der Waals surface area contributed by atoms with Crippen molar-refractivity contribution < 1.29 is 14.6 Å². The average molecular weight is 299 g/mol. The third-order valence-corrected chi connectivity index (χ3v) is 3.44. The summed E-state index contributed by atoms with van der Waals surface area (Å²) in [6, 6.07) is 18.1. The highest BCUT2D eigenvalue weighted by atomic mass is 35.5. The Morgan fingerprint density at radius 2 is 1.71 bits per heavy atom. The van der Waals surface area contributed by atoms with E-state index in [2.05, 4.69) is 0 Å². The molecule has 0 aliphatic heterocycles. The van der Waals surface area contributed by atoms with Gasteiger partial charge in [-0.05, 0) is 35.0 Å². The molecule has 0 fully saturated rings. The van der Waals surface area contributed by atoms with Gasteiger partial charge in [-0.3, -0.25) is 0 Å². The highest BCUT2D eigenvalue weighted by molar-refractivity contribution is 6.32. The second-order valence-corrected chi connectivity index (χ2v) is 4.94. The van der Waals surface area contributed by atoms with E-state index in [1.165, 1.54) is 6.07 Å². The largest absolute Gasteiger partial charge is 0.478 e. The molecule has 0 aromatic heterocycles. The molecule has 1 N–H and O–H groups in total. The highest BCUT2D eigenvalue weighted by Gasteiger charge is 2.15. The maximum absolute atomic E-state index is 11.2. The van der Waals surface area contributed by atoms with Gasteiger partial charge in [-0.15, -0.1) is 0 Å². The molecule has 3 nitrogen and oxygen atoms in total. The van der Waals surface area contributed by atoms with Gasteiger partial charge in [0.1, 0.15) is 11.3 Å². The SMILES string of the molecule is O=C(O)c1cccc(Cl)c1Oc1ccc2ccccc2c1. The zero-order valence-electron chi connectivity index (χ0n) is 10.9. The summed E-state index contributed by atoms with van der Waals surface area (Å²) in [6.45, 7) is 0. The molecule has 0 heterocycles. The van der Waals surface area contributed by atoms with E-state index in [0.717, 1.165) is 10.8 Å². The minimum atomic E-state index is -1.08. The topological polar surface area (TPSA) is 46.5 Å². The van der Waals surface area contributed by atoms with Crippen molar-refractivity contribution in [2.45, 2.75) is 0 Å². The zero-order chi connectivity index (χ0) is 14.8. The van der Waals surface area contributed by atoms with E-state index in [4.69, 9.17) is 16.3 Å². The molecule has 0 radical (unpaired) electrons. The van der Waals surface area contributed by atoms with Crippen LogP contribution in [0.5, 0.6) is 11.5 Å². The van der Waals surface area contributed by atoms with Crippen LogP contribution in [-0.2, 0) is 0 Å². The molecule has 0 aliphatic rings. The van der Waals surface area contributed by atoms with E-state index >= 15 is 0 Å². The molecule has 0 unspecified atom stereocenters. The molecule has 0 saturated heterocycles. The monoisotopic (exact) mass is 298 g/mol. The molecule has 0 saturated carbocycles. The Bertz CT molecular complexity index is 827. The molecule has 3 aromatic carbocycles. The molecular formula is C17H11ClO3. The number of para-hydroxylation sites is 1. The lowest BCUT2D eigenvalue weighted by Crippen LogP contribution is -2.00. The summed E-state index contributed by atoms with van der Waals surface area (Å²) in [5.41, 5.74) is 0.0376. The molecule has 0 aliphatic carbocycles. The van der Waals surface area contributed by atoms with E-state index in [9.17, 15) is 9.90 Å². The first kappa shape index (κ1) is 13.5. The quantitative estimate of drug-likeness (QED) is 0.741. The van der Waals surface area contributed by atoms with Crippen LogP contribution >= 0.6 is 11.6 Å². The molecule has 0 spiro atoms. The minimum Gasteiger partial charge on any atom is -0.478 e. The molecule has 0 bridgehead atoms. The van der Waals surface area contributed by atoms with Gasteiger partial charge in [-0.2, -0.15) is 0 Å². The van der Waals surface area contributed by atoms with Crippen LogP contribution in [0.4, 0.5) is 0 Å². The first-order chi connectivity index (χ1) is 10.1. The first-order valence-electron chi connectivity index (χ1n) is 6.33. The van der Waals surface area contributed by atoms with Gasteiger partial charge in [0.15, 0.2) is 5.75 Å². The lowest BCUT2D eigenvalue weighted by molar-refractivity contribution is 0.0694. The number of aromatic carboxylic acids is 1. The third kappa shape index (κ3) is 2.69. The number of halogens is 1. The molecule has 0 amide bonds. The highest BCUT2D eigenvalue weighted by Crippen LogP contribution is 2.34. The summed E-state index contributed by atoms with van der Waals surface area (Å²) in [7, 11) is 0. The third-order valence-electron chi connectivity index (χ3n) is 3.14. The summed E-state index contributed by atoms with van der Waals surface area (Å²) in [5, 5.41) is 11.6. The van der Waals surface area contributed by atoms with Crippen LogP contribution in [-0.4, -0.2) is 11.1 Å². The molecule has 104 valence electrons. The number of fused-ring (bicyclic) bond motifs is 1. The number of carboxylic acid groups (broad SMARTS) is 1. The Balaban J connectivity index is 2.04. The van der Waals surface area contributed by atoms with Crippen molar-refractivity contribution in [3.8, 4) is 11.5 Å². The van der Waals surface area contributed by atoms with E-state index in [0.29, 0.717) is 5.75 Å². The van der Waals surface area contributed by atoms with Crippen LogP contribution in [0, 0.1) is 0 Å². The summed E-state index contributed by atoms with van der Waals surface area (Å²) in [6.07, 6.45) is 0. The smallest absolute Gasteiger partial charge is 0.339 e. The van der Waals surface area contributed by atoms with Gasteiger partial charge in [0.05, 0.1) is 5.02 Å². The Labute approximate surface area is 126 Å². The van der Waals surface area contributed by atoms with Gasteiger partial charge in [0, 0.05) is 0 Å². The number of carboxylic acids is 1. The van der Waals surface area contributed by atoms with Crippen molar-refractivity contribution in [2.24, 2.45) is 0 Å². The lowest BCUT2D eigenvalue weighted by atomic mass is 10.1. The summed E-state index contributed by atoms with van der Waals surface area (Å²) in [4.78, 5) is 11.2. The van der Waals surface area contributed by atoms with Gasteiger partial charge in [0.2, 0.25) is 0 Å². The Morgan fingerprint density at radius 1 is 0.952 bits per heavy atom. The van der Waals surface area contributed by atoms with Crippen molar-refractivity contribution in [3.05, 3.63) is 71.2 Å². The lowest BCUT2D eigenvalue weighted by Gasteiger charge is -2.11. The van der Waals surface area contributed by atoms with Gasteiger partial charge in [-0.1, -0.05) is 48.0 Å². The normalized spacial score (nSPS) is 10.5. The second kappa shape index (κ2) is 5.46. The molecule has 3 aromatic rings. The predicted octanol–water partition coefficient (Wildman–Crippen LogP) is 4.98. The van der Waals surface area contributed by atoms with Gasteiger partial charge in [0.25, 0.3) is 0 Å². The van der Waals surface area contributed by atoms with Crippen molar-refractivity contribution in [1.82, 2.24) is 0 Å². The molecule has 4 heteroatoms. The van der Waals surface area contributed by atoms with Crippen molar-refractivity contribution in [3.63, 3.8) is 0 Å². The fourth-order valence-corrected chi connectivity index (χ4v) is 2.34. The number of rotatable bonds is 3. The Hall–Kier alpha value is -2.52. The maximum atomic E-state index is 11.2. The number of hydrogen-bond acceptors (Lipinski definition) is 2. The van der Waals surface area contributed by atoms with Crippen LogP contribution in [0.1, 0.15) is 10.4 Å². The molecule has 21 heavy (non-hydrogen) atoms. The van der Waals surface area contributed by atoms with Crippen LogP contribution in [0.2, 0.25) is 5.02 Å². The Morgan fingerprint density at radius 3 is 2.48 bits per heavy atom. The van der Waals surface area contributed by atoms with Gasteiger partial charge < -0.3 is 9.84 Å². The average Bonchev–Trinajstić information content (AvgIpc) is 2.49. The predicted molar refractivity (Wildman–Crippen MR) is 82.4 cm³/mol. The van der Waals surface area contributed by atoms with Crippen LogP contribution in [0.25, 0.3) is 10.8 Å². The van der Waals surface area contributed by atoms with Crippen LogP contribution in [0.15, 0.2) is 60.7 Å². The van der Waals surface area contributed by atoms with Crippen molar-refractivity contribution >= 4 is 28.3 Å². The number of ether oxygens (including phenoxy) is 1. The molecular weight excluding hydrogens is 288 g/mol. The maximum Gasteiger partial charge on any atom is 0.339 e.